The van der Waals surface area contributed by atoms with E-state index in [0.717, 1.165) is 7.11 Å². The van der Waals surface area contributed by atoms with Crippen molar-refractivity contribution in [3.63, 3.8) is 0 Å². The molecule has 0 spiro atoms. The van der Waals surface area contributed by atoms with E-state index in [1.54, 1.807) is 0 Å². The van der Waals surface area contributed by atoms with Gasteiger partial charge in [0.15, 0.2) is 5.71 Å². The Morgan fingerprint density at radius 2 is 2.10 bits per heavy atom. The topological polar surface area (TPSA) is 83.6 Å². The van der Waals surface area contributed by atoms with E-state index in [4.69, 9.17) is 5.21 Å². The normalized spacial score (nSPS) is 16.7. The second-order valence-corrected chi connectivity index (χ2v) is 4.29. The first-order valence-corrected chi connectivity index (χ1v) is 5.73. The number of rotatable bonds is 4. The van der Waals surface area contributed by atoms with Crippen LogP contribution >= 0.6 is 0 Å². The van der Waals surface area contributed by atoms with E-state index in [9.17, 15) is 18.0 Å². The second-order valence-electron chi connectivity index (χ2n) is 4.29. The van der Waals surface area contributed by atoms with Crippen LogP contribution in [0.25, 0.3) is 0 Å². The van der Waals surface area contributed by atoms with Crippen molar-refractivity contribution in [3.8, 4) is 0 Å². The van der Waals surface area contributed by atoms with Crippen LogP contribution in [0.5, 0.6) is 0 Å². The molecule has 112 valence electrons. The Bertz CT molecular complexity index is 620. The largest absolute Gasteiger partial charge is 0.464 e. The lowest BCUT2D eigenvalue weighted by molar-refractivity contribution is -0.166. The number of nitrogens with zero attached hydrogens (tertiary/aromatic N) is 3. The number of ether oxygens (including phenoxy) is 1. The van der Waals surface area contributed by atoms with E-state index in [-0.39, 0.29) is 17.7 Å². The Hall–Kier alpha value is -2.45. The summed E-state index contributed by atoms with van der Waals surface area (Å²) in [5.74, 6) is -0.866. The van der Waals surface area contributed by atoms with Crippen molar-refractivity contribution in [2.24, 2.45) is 15.4 Å². The van der Waals surface area contributed by atoms with Gasteiger partial charge in [-0.05, 0) is 5.56 Å². The zero-order valence-corrected chi connectivity index (χ0v) is 10.8. The number of esters is 1. The van der Waals surface area contributed by atoms with Gasteiger partial charge in [-0.3, -0.25) is 0 Å². The SMILES string of the molecule is COC(=O)/C(Cc1cccc(C2(C(F)(F)F)N=N2)c1)=N\O. The van der Waals surface area contributed by atoms with Crippen molar-refractivity contribution >= 4 is 11.7 Å². The highest BCUT2D eigenvalue weighted by Crippen LogP contribution is 2.52. The third-order valence-corrected chi connectivity index (χ3v) is 2.94. The zero-order valence-electron chi connectivity index (χ0n) is 10.8. The fourth-order valence-corrected chi connectivity index (χ4v) is 1.80. The smallest absolute Gasteiger partial charge is 0.442 e. The van der Waals surface area contributed by atoms with E-state index in [0.29, 0.717) is 5.56 Å². The molecule has 0 unspecified atom stereocenters. The summed E-state index contributed by atoms with van der Waals surface area (Å²) in [6.07, 6.45) is -4.80. The first kappa shape index (κ1) is 14.9. The summed E-state index contributed by atoms with van der Waals surface area (Å²) in [4.78, 5) is 11.3. The molecule has 0 aromatic heterocycles. The lowest BCUT2D eigenvalue weighted by Gasteiger charge is -2.15. The molecule has 1 aliphatic heterocycles. The molecule has 9 heteroatoms. The van der Waals surface area contributed by atoms with Crippen LogP contribution in [0.1, 0.15) is 11.1 Å². The molecule has 0 fully saturated rings. The van der Waals surface area contributed by atoms with Gasteiger partial charge in [0.2, 0.25) is 0 Å². The van der Waals surface area contributed by atoms with Crippen molar-refractivity contribution < 1.29 is 27.9 Å². The molecule has 0 amide bonds. The Kier molecular flexibility index (Phi) is 3.67. The van der Waals surface area contributed by atoms with Crippen LogP contribution in [-0.2, 0) is 21.6 Å². The molecular formula is C12H10F3N3O3. The fourth-order valence-electron chi connectivity index (χ4n) is 1.80. The molecule has 1 aromatic carbocycles. The predicted octanol–water partition coefficient (Wildman–Crippen LogP) is 2.41. The third kappa shape index (κ3) is 2.71. The van der Waals surface area contributed by atoms with Crippen molar-refractivity contribution in [1.29, 1.82) is 0 Å². The maximum absolute atomic E-state index is 12.9. The third-order valence-electron chi connectivity index (χ3n) is 2.94. The number of alkyl halides is 3. The van der Waals surface area contributed by atoms with Crippen molar-refractivity contribution in [3.05, 3.63) is 35.4 Å². The maximum atomic E-state index is 12.9. The minimum absolute atomic E-state index is 0.158. The van der Waals surface area contributed by atoms with Crippen LogP contribution in [0.15, 0.2) is 39.6 Å². The second kappa shape index (κ2) is 5.15. The van der Waals surface area contributed by atoms with E-state index in [1.807, 2.05) is 0 Å². The molecule has 1 heterocycles. The summed E-state index contributed by atoms with van der Waals surface area (Å²) in [5.41, 5.74) is -2.66. The molecular weight excluding hydrogens is 291 g/mol. The number of hydrogen-bond acceptors (Lipinski definition) is 6. The highest BCUT2D eigenvalue weighted by atomic mass is 19.4. The minimum Gasteiger partial charge on any atom is -0.464 e. The van der Waals surface area contributed by atoms with E-state index < -0.39 is 17.8 Å². The van der Waals surface area contributed by atoms with Gasteiger partial charge in [0.25, 0.3) is 0 Å². The average Bonchev–Trinajstić information content (AvgIpc) is 3.25. The van der Waals surface area contributed by atoms with Crippen molar-refractivity contribution in [2.75, 3.05) is 7.11 Å². The quantitative estimate of drug-likeness (QED) is 0.401. The summed E-state index contributed by atoms with van der Waals surface area (Å²) in [6.45, 7) is 0. The van der Waals surface area contributed by atoms with E-state index >= 15 is 0 Å². The summed E-state index contributed by atoms with van der Waals surface area (Å²) in [7, 11) is 1.10. The van der Waals surface area contributed by atoms with Crippen LogP contribution in [0.2, 0.25) is 0 Å². The summed E-state index contributed by atoms with van der Waals surface area (Å²) in [5, 5.41) is 17.7. The molecule has 1 N–H and O–H groups in total. The van der Waals surface area contributed by atoms with Gasteiger partial charge in [0.05, 0.1) is 7.11 Å². The Balaban J connectivity index is 2.26. The standard InChI is InChI=1S/C12H10F3N3O3/c1-21-10(19)9(16-20)6-7-3-2-4-8(5-7)11(17-18-11)12(13,14)15/h2-5,20H,6H2,1H3/b16-9-. The predicted molar refractivity (Wildman–Crippen MR) is 64.0 cm³/mol. The lowest BCUT2D eigenvalue weighted by atomic mass is 9.98. The zero-order chi connectivity index (χ0) is 15.7. The molecule has 6 nitrogen and oxygen atoms in total. The van der Waals surface area contributed by atoms with Crippen molar-refractivity contribution in [2.45, 2.75) is 18.3 Å². The number of carbonyl (C=O) groups excluding carboxylic acids is 1. The van der Waals surface area contributed by atoms with Crippen LogP contribution in [0, 0.1) is 0 Å². The Morgan fingerprint density at radius 3 is 2.57 bits per heavy atom. The number of hydrogen-bond donors (Lipinski definition) is 1. The molecule has 0 bridgehead atoms. The van der Waals surface area contributed by atoms with Gasteiger partial charge in [-0.1, -0.05) is 29.4 Å². The van der Waals surface area contributed by atoms with Gasteiger partial charge in [-0.15, -0.1) is 10.2 Å². The van der Waals surface area contributed by atoms with Crippen molar-refractivity contribution in [1.82, 2.24) is 0 Å². The minimum atomic E-state index is -4.62. The molecule has 0 saturated carbocycles. The highest BCUT2D eigenvalue weighted by molar-refractivity contribution is 6.36. The van der Waals surface area contributed by atoms with Gasteiger partial charge in [-0.2, -0.15) is 13.2 Å². The van der Waals surface area contributed by atoms with E-state index in [1.165, 1.54) is 24.3 Å². The Morgan fingerprint density at radius 1 is 1.43 bits per heavy atom. The molecule has 1 aromatic rings. The van der Waals surface area contributed by atoms with Crippen LogP contribution in [0.3, 0.4) is 0 Å². The summed E-state index contributed by atoms with van der Waals surface area (Å²) >= 11 is 0. The number of benzene rings is 1. The fraction of sp³-hybridized carbons (Fsp3) is 0.333. The molecule has 0 saturated heterocycles. The number of methoxy groups -OCH3 is 1. The molecule has 2 rings (SSSR count). The molecule has 0 aliphatic carbocycles. The summed E-state index contributed by atoms with van der Waals surface area (Å²) < 4.78 is 43.1. The van der Waals surface area contributed by atoms with Crippen LogP contribution in [0.4, 0.5) is 13.2 Å². The molecule has 0 radical (unpaired) electrons. The maximum Gasteiger partial charge on any atom is 0.442 e. The monoisotopic (exact) mass is 301 g/mol. The van der Waals surface area contributed by atoms with Gasteiger partial charge in [0.1, 0.15) is 0 Å². The Labute approximate surface area is 116 Å². The van der Waals surface area contributed by atoms with Gasteiger partial charge >= 0.3 is 17.8 Å². The van der Waals surface area contributed by atoms with Crippen LogP contribution in [-0.4, -0.2) is 30.2 Å². The lowest BCUT2D eigenvalue weighted by Crippen LogP contribution is -2.30. The molecule has 0 atom stereocenters. The number of halogens is 3. The first-order valence-electron chi connectivity index (χ1n) is 5.73. The average molecular weight is 301 g/mol. The first-order chi connectivity index (χ1) is 9.84. The van der Waals surface area contributed by atoms with E-state index in [2.05, 4.69) is 20.1 Å². The molecule has 21 heavy (non-hydrogen) atoms. The summed E-state index contributed by atoms with van der Waals surface area (Å²) in [6, 6.07) is 5.32. The van der Waals surface area contributed by atoms with Gasteiger partial charge < -0.3 is 9.94 Å². The number of oxime groups is 1. The molecule has 1 aliphatic rings. The highest BCUT2D eigenvalue weighted by Gasteiger charge is 2.65. The van der Waals surface area contributed by atoms with Gasteiger partial charge in [-0.25, -0.2) is 4.79 Å². The van der Waals surface area contributed by atoms with Gasteiger partial charge in [0, 0.05) is 12.0 Å². The number of carbonyl (C=O) groups is 1. The van der Waals surface area contributed by atoms with Crippen LogP contribution < -0.4 is 0 Å².